The van der Waals surface area contributed by atoms with Gasteiger partial charge in [-0.1, -0.05) is 18.6 Å². The number of methoxy groups -OCH3 is 2. The first kappa shape index (κ1) is 19.9. The molecule has 26 heavy (non-hydrogen) atoms. The number of Topliss-reactive ketones (excluding diaryl/α,β-unsaturated/α-hetero) is 1. The third-order valence-electron chi connectivity index (χ3n) is 4.89. The van der Waals surface area contributed by atoms with Crippen LogP contribution in [0.2, 0.25) is 0 Å². The molecule has 1 aromatic carbocycles. The van der Waals surface area contributed by atoms with E-state index in [9.17, 15) is 27.6 Å². The van der Waals surface area contributed by atoms with Crippen molar-refractivity contribution in [3.05, 3.63) is 35.4 Å². The average molecular weight is 372 g/mol. The molecule has 8 heteroatoms. The highest BCUT2D eigenvalue weighted by Gasteiger charge is 2.57. The molecule has 0 heterocycles. The minimum absolute atomic E-state index is 0.0912. The van der Waals surface area contributed by atoms with E-state index in [1.165, 1.54) is 0 Å². The van der Waals surface area contributed by atoms with Crippen LogP contribution in [0, 0.1) is 11.3 Å². The van der Waals surface area contributed by atoms with Gasteiger partial charge in [-0.15, -0.1) is 0 Å². The molecule has 1 atom stereocenters. The standard InChI is InChI=1S/C18H19F3O5/c1-25-15(23)17(16(24)26-2)9-3-4-13(17)10-14(22)11-5-7-12(8-6-11)18(19,20)21/h5-8,13H,3-4,9-10H2,1-2H3/t13-/m0/s1. The van der Waals surface area contributed by atoms with Crippen molar-refractivity contribution in [2.45, 2.75) is 31.9 Å². The zero-order valence-electron chi connectivity index (χ0n) is 14.4. The summed E-state index contributed by atoms with van der Waals surface area (Å²) in [6.07, 6.45) is -3.46. The first-order valence-corrected chi connectivity index (χ1v) is 8.04. The van der Waals surface area contributed by atoms with Crippen LogP contribution in [0.15, 0.2) is 24.3 Å². The molecular weight excluding hydrogens is 353 g/mol. The number of halogens is 3. The van der Waals surface area contributed by atoms with E-state index in [1.807, 2.05) is 0 Å². The summed E-state index contributed by atoms with van der Waals surface area (Å²) in [6.45, 7) is 0. The highest BCUT2D eigenvalue weighted by atomic mass is 19.4. The summed E-state index contributed by atoms with van der Waals surface area (Å²) >= 11 is 0. The van der Waals surface area contributed by atoms with Crippen LogP contribution in [0.25, 0.3) is 0 Å². The summed E-state index contributed by atoms with van der Waals surface area (Å²) in [4.78, 5) is 37.0. The molecule has 0 aliphatic heterocycles. The van der Waals surface area contributed by atoms with Gasteiger partial charge >= 0.3 is 18.1 Å². The molecular formula is C18H19F3O5. The Morgan fingerprint density at radius 2 is 1.62 bits per heavy atom. The number of hydrogen-bond donors (Lipinski definition) is 0. The van der Waals surface area contributed by atoms with Gasteiger partial charge in [-0.2, -0.15) is 13.2 Å². The van der Waals surface area contributed by atoms with Gasteiger partial charge in [0, 0.05) is 12.0 Å². The SMILES string of the molecule is COC(=O)C1(C(=O)OC)CCC[C@H]1CC(=O)c1ccc(C(F)(F)F)cc1. The van der Waals surface area contributed by atoms with Crippen LogP contribution < -0.4 is 0 Å². The van der Waals surface area contributed by atoms with Crippen molar-refractivity contribution in [2.75, 3.05) is 14.2 Å². The number of esters is 2. The van der Waals surface area contributed by atoms with E-state index in [-0.39, 0.29) is 18.4 Å². The van der Waals surface area contributed by atoms with Gasteiger partial charge in [-0.3, -0.25) is 14.4 Å². The maximum absolute atomic E-state index is 12.6. The maximum atomic E-state index is 12.6. The maximum Gasteiger partial charge on any atom is 0.416 e. The lowest BCUT2D eigenvalue weighted by molar-refractivity contribution is -0.172. The lowest BCUT2D eigenvalue weighted by Crippen LogP contribution is -2.44. The van der Waals surface area contributed by atoms with Crippen molar-refractivity contribution in [2.24, 2.45) is 11.3 Å². The molecule has 0 unspecified atom stereocenters. The van der Waals surface area contributed by atoms with E-state index >= 15 is 0 Å². The molecule has 1 saturated carbocycles. The largest absolute Gasteiger partial charge is 0.468 e. The Labute approximate surface area is 148 Å². The lowest BCUT2D eigenvalue weighted by atomic mass is 9.75. The Morgan fingerprint density at radius 1 is 1.08 bits per heavy atom. The van der Waals surface area contributed by atoms with Crippen LogP contribution in [0.1, 0.15) is 41.6 Å². The van der Waals surface area contributed by atoms with Gasteiger partial charge in [0.1, 0.15) is 0 Å². The fourth-order valence-corrected chi connectivity index (χ4v) is 3.53. The van der Waals surface area contributed by atoms with E-state index in [0.717, 1.165) is 38.5 Å². The van der Waals surface area contributed by atoms with Crippen LogP contribution >= 0.6 is 0 Å². The minimum atomic E-state index is -4.49. The summed E-state index contributed by atoms with van der Waals surface area (Å²) in [5, 5.41) is 0. The van der Waals surface area contributed by atoms with Crippen molar-refractivity contribution in [3.8, 4) is 0 Å². The smallest absolute Gasteiger partial charge is 0.416 e. The van der Waals surface area contributed by atoms with Gasteiger partial charge in [0.15, 0.2) is 11.2 Å². The van der Waals surface area contributed by atoms with Crippen molar-refractivity contribution in [1.82, 2.24) is 0 Å². The Balaban J connectivity index is 2.24. The molecule has 0 spiro atoms. The van der Waals surface area contributed by atoms with Gasteiger partial charge in [-0.25, -0.2) is 0 Å². The number of ketones is 1. The predicted molar refractivity (Wildman–Crippen MR) is 84.2 cm³/mol. The van der Waals surface area contributed by atoms with E-state index in [0.29, 0.717) is 12.8 Å². The van der Waals surface area contributed by atoms with Gasteiger partial charge in [-0.05, 0) is 30.9 Å². The molecule has 0 radical (unpaired) electrons. The molecule has 5 nitrogen and oxygen atoms in total. The quantitative estimate of drug-likeness (QED) is 0.450. The molecule has 1 aliphatic rings. The van der Waals surface area contributed by atoms with Crippen molar-refractivity contribution in [3.63, 3.8) is 0 Å². The molecule has 0 saturated heterocycles. The predicted octanol–water partition coefficient (Wildman–Crippen LogP) is 3.41. The minimum Gasteiger partial charge on any atom is -0.468 e. The molecule has 0 amide bonds. The lowest BCUT2D eigenvalue weighted by Gasteiger charge is -2.29. The van der Waals surface area contributed by atoms with E-state index < -0.39 is 40.8 Å². The molecule has 1 aliphatic carbocycles. The molecule has 0 N–H and O–H groups in total. The molecule has 1 fully saturated rings. The average Bonchev–Trinajstić information content (AvgIpc) is 3.04. The summed E-state index contributed by atoms with van der Waals surface area (Å²) in [5.74, 6) is -2.58. The second kappa shape index (κ2) is 7.47. The second-order valence-electron chi connectivity index (χ2n) is 6.25. The highest BCUT2D eigenvalue weighted by Crippen LogP contribution is 2.47. The first-order chi connectivity index (χ1) is 12.2. The Hall–Kier alpha value is -2.38. The number of hydrogen-bond acceptors (Lipinski definition) is 5. The number of benzene rings is 1. The highest BCUT2D eigenvalue weighted by molar-refractivity contribution is 6.02. The van der Waals surface area contributed by atoms with Gasteiger partial charge < -0.3 is 9.47 Å². The van der Waals surface area contributed by atoms with Crippen molar-refractivity contribution >= 4 is 17.7 Å². The van der Waals surface area contributed by atoms with Crippen LogP contribution in [-0.2, 0) is 25.2 Å². The van der Waals surface area contributed by atoms with Crippen LogP contribution in [0.3, 0.4) is 0 Å². The fraction of sp³-hybridized carbons (Fsp3) is 0.500. The number of rotatable bonds is 5. The third-order valence-corrected chi connectivity index (χ3v) is 4.89. The van der Waals surface area contributed by atoms with Crippen molar-refractivity contribution in [1.29, 1.82) is 0 Å². The molecule has 2 rings (SSSR count). The fourth-order valence-electron chi connectivity index (χ4n) is 3.53. The number of alkyl halides is 3. The summed E-state index contributed by atoms with van der Waals surface area (Å²) in [5.41, 5.74) is -2.31. The number of carbonyl (C=O) groups is 3. The van der Waals surface area contributed by atoms with Crippen LogP contribution in [0.4, 0.5) is 13.2 Å². The van der Waals surface area contributed by atoms with Crippen LogP contribution in [0.5, 0.6) is 0 Å². The van der Waals surface area contributed by atoms with Gasteiger partial charge in [0.05, 0.1) is 19.8 Å². The van der Waals surface area contributed by atoms with Gasteiger partial charge in [0.2, 0.25) is 0 Å². The summed E-state index contributed by atoms with van der Waals surface area (Å²) in [7, 11) is 2.31. The third kappa shape index (κ3) is 3.59. The number of ether oxygens (including phenoxy) is 2. The normalized spacial score (nSPS) is 19.0. The zero-order chi connectivity index (χ0) is 19.5. The molecule has 1 aromatic rings. The Morgan fingerprint density at radius 3 is 2.08 bits per heavy atom. The topological polar surface area (TPSA) is 69.7 Å². The summed E-state index contributed by atoms with van der Waals surface area (Å²) in [6, 6.07) is 3.85. The monoisotopic (exact) mass is 372 g/mol. The Kier molecular flexibility index (Phi) is 5.73. The van der Waals surface area contributed by atoms with Gasteiger partial charge in [0.25, 0.3) is 0 Å². The molecule has 0 aromatic heterocycles. The van der Waals surface area contributed by atoms with Crippen LogP contribution in [-0.4, -0.2) is 31.9 Å². The first-order valence-electron chi connectivity index (χ1n) is 8.04. The zero-order valence-corrected chi connectivity index (χ0v) is 14.4. The molecule has 142 valence electrons. The van der Waals surface area contributed by atoms with E-state index in [1.54, 1.807) is 0 Å². The second-order valence-corrected chi connectivity index (χ2v) is 6.25. The summed E-state index contributed by atoms with van der Waals surface area (Å²) < 4.78 is 47.4. The Bertz CT molecular complexity index is 678. The van der Waals surface area contributed by atoms with E-state index in [2.05, 4.69) is 0 Å². The van der Waals surface area contributed by atoms with E-state index in [4.69, 9.17) is 9.47 Å². The molecule has 0 bridgehead atoms. The number of carbonyl (C=O) groups excluding carboxylic acids is 3. The van der Waals surface area contributed by atoms with Crippen molar-refractivity contribution < 1.29 is 37.0 Å².